The van der Waals surface area contributed by atoms with E-state index in [2.05, 4.69) is 48.5 Å². The van der Waals surface area contributed by atoms with Gasteiger partial charge in [0.25, 0.3) is 0 Å². The SMILES string of the molecule is CCO.c1ccc2c(c1)sc1ccccc12. The van der Waals surface area contributed by atoms with Crippen LogP contribution in [0.15, 0.2) is 48.5 Å². The van der Waals surface area contributed by atoms with Crippen molar-refractivity contribution in [1.29, 1.82) is 0 Å². The Bertz CT molecular complexity index is 533. The molecular weight excluding hydrogens is 216 g/mol. The zero-order valence-electron chi connectivity index (χ0n) is 9.18. The lowest BCUT2D eigenvalue weighted by Gasteiger charge is -1.88. The molecule has 1 heterocycles. The zero-order chi connectivity index (χ0) is 11.4. The third kappa shape index (κ3) is 2.08. The van der Waals surface area contributed by atoms with E-state index in [4.69, 9.17) is 5.11 Å². The van der Waals surface area contributed by atoms with Crippen LogP contribution < -0.4 is 0 Å². The number of hydrogen-bond donors (Lipinski definition) is 1. The standard InChI is InChI=1S/C12H8S.C2H6O/c1-3-7-11-9(5-1)10-6-2-4-8-12(10)13-11;1-2-3/h1-8H;3H,2H2,1H3. The van der Waals surface area contributed by atoms with Gasteiger partial charge in [0.2, 0.25) is 0 Å². The Balaban J connectivity index is 0.000000292. The van der Waals surface area contributed by atoms with Gasteiger partial charge in [-0.25, -0.2) is 0 Å². The van der Waals surface area contributed by atoms with Gasteiger partial charge in [-0.3, -0.25) is 0 Å². The van der Waals surface area contributed by atoms with Gasteiger partial charge in [0.1, 0.15) is 0 Å². The minimum atomic E-state index is 0.250. The topological polar surface area (TPSA) is 20.2 Å². The predicted octanol–water partition coefficient (Wildman–Crippen LogP) is 4.05. The maximum absolute atomic E-state index is 7.57. The van der Waals surface area contributed by atoms with Gasteiger partial charge in [0, 0.05) is 26.8 Å². The second-order valence-corrected chi connectivity index (χ2v) is 4.49. The van der Waals surface area contributed by atoms with Gasteiger partial charge in [0.05, 0.1) is 0 Å². The fraction of sp³-hybridized carbons (Fsp3) is 0.143. The molecule has 0 aliphatic carbocycles. The Hall–Kier alpha value is -1.38. The summed E-state index contributed by atoms with van der Waals surface area (Å²) in [5.41, 5.74) is 0. The fourth-order valence-electron chi connectivity index (χ4n) is 1.67. The summed E-state index contributed by atoms with van der Waals surface area (Å²) in [5.74, 6) is 0. The Kier molecular flexibility index (Phi) is 3.54. The third-order valence-corrected chi connectivity index (χ3v) is 3.44. The monoisotopic (exact) mass is 230 g/mol. The highest BCUT2D eigenvalue weighted by Crippen LogP contribution is 2.32. The molecule has 16 heavy (non-hydrogen) atoms. The van der Waals surface area contributed by atoms with E-state index in [0.29, 0.717) is 0 Å². The largest absolute Gasteiger partial charge is 0.397 e. The fourth-order valence-corrected chi connectivity index (χ4v) is 2.78. The number of aliphatic hydroxyl groups excluding tert-OH is 1. The van der Waals surface area contributed by atoms with Crippen LogP contribution in [-0.2, 0) is 0 Å². The number of benzene rings is 2. The zero-order valence-corrected chi connectivity index (χ0v) is 10.00. The molecule has 0 saturated carbocycles. The van der Waals surface area contributed by atoms with Crippen molar-refractivity contribution in [3.05, 3.63) is 48.5 Å². The Morgan fingerprint density at radius 3 is 1.69 bits per heavy atom. The highest BCUT2D eigenvalue weighted by atomic mass is 32.1. The van der Waals surface area contributed by atoms with Crippen LogP contribution in [0.25, 0.3) is 20.2 Å². The van der Waals surface area contributed by atoms with E-state index in [0.717, 1.165) is 0 Å². The lowest BCUT2D eigenvalue weighted by atomic mass is 10.2. The van der Waals surface area contributed by atoms with Crippen molar-refractivity contribution in [3.63, 3.8) is 0 Å². The van der Waals surface area contributed by atoms with Gasteiger partial charge in [-0.05, 0) is 19.1 Å². The summed E-state index contributed by atoms with van der Waals surface area (Å²) in [5, 5.41) is 10.3. The molecule has 3 aromatic rings. The predicted molar refractivity (Wildman–Crippen MR) is 72.1 cm³/mol. The quantitative estimate of drug-likeness (QED) is 0.617. The molecule has 1 N–H and O–H groups in total. The minimum absolute atomic E-state index is 0.250. The molecule has 2 heteroatoms. The van der Waals surface area contributed by atoms with E-state index in [1.54, 1.807) is 6.92 Å². The van der Waals surface area contributed by atoms with Crippen LogP contribution in [0, 0.1) is 0 Å². The van der Waals surface area contributed by atoms with Crippen LogP contribution in [-0.4, -0.2) is 11.7 Å². The molecule has 0 amide bonds. The molecular formula is C14H14OS. The molecule has 1 aromatic heterocycles. The summed E-state index contributed by atoms with van der Waals surface area (Å²) in [6.07, 6.45) is 0. The van der Waals surface area contributed by atoms with Crippen molar-refractivity contribution in [2.75, 3.05) is 6.61 Å². The van der Waals surface area contributed by atoms with Crippen LogP contribution in [0.2, 0.25) is 0 Å². The smallest absolute Gasteiger partial charge is 0.0402 e. The first-order valence-electron chi connectivity index (χ1n) is 5.34. The normalized spacial score (nSPS) is 10.1. The molecule has 0 atom stereocenters. The number of rotatable bonds is 0. The Morgan fingerprint density at radius 2 is 1.25 bits per heavy atom. The van der Waals surface area contributed by atoms with Crippen molar-refractivity contribution in [3.8, 4) is 0 Å². The van der Waals surface area contributed by atoms with E-state index in [-0.39, 0.29) is 6.61 Å². The Labute approximate surface area is 99.0 Å². The van der Waals surface area contributed by atoms with Gasteiger partial charge in [-0.1, -0.05) is 36.4 Å². The summed E-state index contributed by atoms with van der Waals surface area (Å²) >= 11 is 1.86. The second-order valence-electron chi connectivity index (χ2n) is 3.41. The summed E-state index contributed by atoms with van der Waals surface area (Å²) in [6.45, 7) is 1.93. The lowest BCUT2D eigenvalue weighted by Crippen LogP contribution is -1.62. The molecule has 0 radical (unpaired) electrons. The molecule has 0 saturated heterocycles. The van der Waals surface area contributed by atoms with Gasteiger partial charge in [-0.15, -0.1) is 11.3 Å². The van der Waals surface area contributed by atoms with E-state index in [9.17, 15) is 0 Å². The molecule has 3 rings (SSSR count). The van der Waals surface area contributed by atoms with E-state index >= 15 is 0 Å². The van der Waals surface area contributed by atoms with E-state index in [1.807, 2.05) is 11.3 Å². The summed E-state index contributed by atoms with van der Waals surface area (Å²) in [6, 6.07) is 17.1. The van der Waals surface area contributed by atoms with E-state index in [1.165, 1.54) is 20.2 Å². The van der Waals surface area contributed by atoms with Crippen molar-refractivity contribution < 1.29 is 5.11 Å². The van der Waals surface area contributed by atoms with Crippen LogP contribution in [0.4, 0.5) is 0 Å². The summed E-state index contributed by atoms with van der Waals surface area (Å²) < 4.78 is 2.76. The number of aliphatic hydroxyl groups is 1. The molecule has 0 aliphatic heterocycles. The van der Waals surface area contributed by atoms with Gasteiger partial charge in [-0.2, -0.15) is 0 Å². The molecule has 0 bridgehead atoms. The van der Waals surface area contributed by atoms with Crippen LogP contribution in [0.3, 0.4) is 0 Å². The average Bonchev–Trinajstić information content (AvgIpc) is 2.68. The molecule has 2 aromatic carbocycles. The van der Waals surface area contributed by atoms with Gasteiger partial charge in [0.15, 0.2) is 0 Å². The summed E-state index contributed by atoms with van der Waals surface area (Å²) in [7, 11) is 0. The maximum atomic E-state index is 7.57. The minimum Gasteiger partial charge on any atom is -0.397 e. The molecule has 0 unspecified atom stereocenters. The van der Waals surface area contributed by atoms with Gasteiger partial charge >= 0.3 is 0 Å². The molecule has 1 nitrogen and oxygen atoms in total. The highest BCUT2D eigenvalue weighted by Gasteiger charge is 2.01. The first-order valence-corrected chi connectivity index (χ1v) is 6.15. The summed E-state index contributed by atoms with van der Waals surface area (Å²) in [4.78, 5) is 0. The average molecular weight is 230 g/mol. The number of hydrogen-bond acceptors (Lipinski definition) is 2. The third-order valence-electron chi connectivity index (χ3n) is 2.28. The van der Waals surface area contributed by atoms with Crippen LogP contribution in [0.5, 0.6) is 0 Å². The van der Waals surface area contributed by atoms with Crippen LogP contribution >= 0.6 is 11.3 Å². The highest BCUT2D eigenvalue weighted by molar-refractivity contribution is 7.25. The first-order chi connectivity index (χ1) is 7.86. The van der Waals surface area contributed by atoms with Crippen molar-refractivity contribution in [2.45, 2.75) is 6.92 Å². The molecule has 82 valence electrons. The van der Waals surface area contributed by atoms with Crippen molar-refractivity contribution in [1.82, 2.24) is 0 Å². The van der Waals surface area contributed by atoms with Crippen molar-refractivity contribution >= 4 is 31.5 Å². The second kappa shape index (κ2) is 5.10. The maximum Gasteiger partial charge on any atom is 0.0402 e. The van der Waals surface area contributed by atoms with E-state index < -0.39 is 0 Å². The van der Waals surface area contributed by atoms with Crippen LogP contribution in [0.1, 0.15) is 6.92 Å². The molecule has 0 aliphatic rings. The first kappa shape index (κ1) is 11.1. The molecule has 0 fully saturated rings. The van der Waals surface area contributed by atoms with Crippen molar-refractivity contribution in [2.24, 2.45) is 0 Å². The number of fused-ring (bicyclic) bond motifs is 3. The van der Waals surface area contributed by atoms with Gasteiger partial charge < -0.3 is 5.11 Å². The Morgan fingerprint density at radius 1 is 0.875 bits per heavy atom. The lowest BCUT2D eigenvalue weighted by molar-refractivity contribution is 0.318. The number of thiophene rings is 1. The molecule has 0 spiro atoms.